The molecular formula is C11H20O. The van der Waals surface area contributed by atoms with E-state index in [1.54, 1.807) is 6.08 Å². The van der Waals surface area contributed by atoms with Gasteiger partial charge in [-0.2, -0.15) is 0 Å². The minimum atomic E-state index is -0.537. The smallest absolute Gasteiger partial charge is 0.0825 e. The summed E-state index contributed by atoms with van der Waals surface area (Å²) in [6.45, 7) is 5.91. The summed E-state index contributed by atoms with van der Waals surface area (Å²) in [6, 6.07) is 0. The Labute approximate surface area is 75.5 Å². The van der Waals surface area contributed by atoms with Gasteiger partial charge in [0.15, 0.2) is 0 Å². The summed E-state index contributed by atoms with van der Waals surface area (Å²) < 4.78 is 0. The van der Waals surface area contributed by atoms with Crippen molar-refractivity contribution in [2.75, 3.05) is 0 Å². The maximum absolute atomic E-state index is 9.85. The Bertz CT molecular complexity index is 143. The van der Waals surface area contributed by atoms with Crippen LogP contribution in [0.4, 0.5) is 0 Å². The van der Waals surface area contributed by atoms with Gasteiger partial charge >= 0.3 is 0 Å². The first-order valence-corrected chi connectivity index (χ1v) is 5.06. The quantitative estimate of drug-likeness (QED) is 0.642. The van der Waals surface area contributed by atoms with E-state index in [1.165, 1.54) is 25.7 Å². The maximum atomic E-state index is 9.85. The van der Waals surface area contributed by atoms with Crippen LogP contribution in [0.3, 0.4) is 0 Å². The zero-order valence-electron chi connectivity index (χ0n) is 8.05. The molecule has 1 aliphatic rings. The van der Waals surface area contributed by atoms with E-state index in [0.29, 0.717) is 0 Å². The van der Waals surface area contributed by atoms with Crippen molar-refractivity contribution in [3.05, 3.63) is 12.7 Å². The molecule has 0 bridgehead atoms. The summed E-state index contributed by atoms with van der Waals surface area (Å²) in [5.41, 5.74) is -0.537. The molecule has 0 aliphatic heterocycles. The average molecular weight is 168 g/mol. The molecule has 1 fully saturated rings. The normalized spacial score (nSPS) is 36.3. The monoisotopic (exact) mass is 168 g/mol. The summed E-state index contributed by atoms with van der Waals surface area (Å²) >= 11 is 0. The van der Waals surface area contributed by atoms with Crippen molar-refractivity contribution >= 4 is 0 Å². The van der Waals surface area contributed by atoms with Crippen molar-refractivity contribution in [2.45, 2.75) is 51.0 Å². The predicted octanol–water partition coefficient (Wildman–Crippen LogP) is 2.89. The fourth-order valence-electron chi connectivity index (χ4n) is 2.08. The Morgan fingerprint density at radius 1 is 1.50 bits per heavy atom. The molecule has 1 N–H and O–H groups in total. The zero-order chi connectivity index (χ0) is 9.03. The van der Waals surface area contributed by atoms with Gasteiger partial charge in [0.2, 0.25) is 0 Å². The molecule has 70 valence electrons. The van der Waals surface area contributed by atoms with Crippen LogP contribution in [0.2, 0.25) is 0 Å². The van der Waals surface area contributed by atoms with Gasteiger partial charge in [-0.25, -0.2) is 0 Å². The Kier molecular flexibility index (Phi) is 3.33. The summed E-state index contributed by atoms with van der Waals surface area (Å²) in [7, 11) is 0. The van der Waals surface area contributed by atoms with E-state index in [2.05, 4.69) is 13.5 Å². The second kappa shape index (κ2) is 4.08. The van der Waals surface area contributed by atoms with E-state index in [0.717, 1.165) is 18.8 Å². The number of rotatable bonds is 3. The lowest BCUT2D eigenvalue weighted by atomic mass is 9.77. The lowest BCUT2D eigenvalue weighted by Gasteiger charge is -2.33. The third-order valence-corrected chi connectivity index (χ3v) is 3.05. The van der Waals surface area contributed by atoms with Gasteiger partial charge in [0.1, 0.15) is 0 Å². The summed E-state index contributed by atoms with van der Waals surface area (Å²) in [5, 5.41) is 9.85. The fraction of sp³-hybridized carbons (Fsp3) is 0.818. The van der Waals surface area contributed by atoms with Gasteiger partial charge in [-0.05, 0) is 31.6 Å². The van der Waals surface area contributed by atoms with Crippen LogP contribution < -0.4 is 0 Å². The SMILES string of the molecule is C=CC1(O)CCC(CCC)CC1. The van der Waals surface area contributed by atoms with Crippen LogP contribution in [-0.2, 0) is 0 Å². The van der Waals surface area contributed by atoms with Crippen LogP contribution in [0.5, 0.6) is 0 Å². The van der Waals surface area contributed by atoms with Crippen LogP contribution in [0.15, 0.2) is 12.7 Å². The highest BCUT2D eigenvalue weighted by Crippen LogP contribution is 2.34. The molecule has 0 amide bonds. The van der Waals surface area contributed by atoms with Crippen LogP contribution in [0.1, 0.15) is 45.4 Å². The maximum Gasteiger partial charge on any atom is 0.0825 e. The predicted molar refractivity (Wildman–Crippen MR) is 52.0 cm³/mol. The van der Waals surface area contributed by atoms with Gasteiger partial charge in [0, 0.05) is 0 Å². The molecule has 0 heterocycles. The molecule has 0 radical (unpaired) electrons. The highest BCUT2D eigenvalue weighted by atomic mass is 16.3. The van der Waals surface area contributed by atoms with E-state index < -0.39 is 5.60 Å². The third kappa shape index (κ3) is 2.34. The summed E-state index contributed by atoms with van der Waals surface area (Å²) in [4.78, 5) is 0. The second-order valence-electron chi connectivity index (χ2n) is 4.04. The Balaban J connectivity index is 2.33. The van der Waals surface area contributed by atoms with Crippen molar-refractivity contribution < 1.29 is 5.11 Å². The highest BCUT2D eigenvalue weighted by molar-refractivity contribution is 4.98. The van der Waals surface area contributed by atoms with Gasteiger partial charge in [-0.3, -0.25) is 0 Å². The molecule has 0 aromatic carbocycles. The van der Waals surface area contributed by atoms with E-state index in [4.69, 9.17) is 0 Å². The van der Waals surface area contributed by atoms with Crippen LogP contribution in [0.25, 0.3) is 0 Å². The summed E-state index contributed by atoms with van der Waals surface area (Å²) in [6.07, 6.45) is 8.51. The van der Waals surface area contributed by atoms with E-state index in [1.807, 2.05) is 0 Å². The Hall–Kier alpha value is -0.300. The van der Waals surface area contributed by atoms with Gasteiger partial charge in [-0.15, -0.1) is 6.58 Å². The molecule has 1 nitrogen and oxygen atoms in total. The standard InChI is InChI=1S/C11H20O/c1-3-5-10-6-8-11(12,4-2)9-7-10/h4,10,12H,2-3,5-9H2,1H3. The van der Waals surface area contributed by atoms with Crippen LogP contribution in [-0.4, -0.2) is 10.7 Å². The molecule has 0 aromatic rings. The molecule has 0 atom stereocenters. The van der Waals surface area contributed by atoms with Crippen LogP contribution in [0, 0.1) is 5.92 Å². The molecule has 1 aliphatic carbocycles. The van der Waals surface area contributed by atoms with Crippen molar-refractivity contribution in [3.63, 3.8) is 0 Å². The van der Waals surface area contributed by atoms with E-state index in [-0.39, 0.29) is 0 Å². The largest absolute Gasteiger partial charge is 0.386 e. The molecule has 1 saturated carbocycles. The lowest BCUT2D eigenvalue weighted by molar-refractivity contribution is 0.0341. The zero-order valence-corrected chi connectivity index (χ0v) is 8.05. The first-order chi connectivity index (χ1) is 5.70. The third-order valence-electron chi connectivity index (χ3n) is 3.05. The van der Waals surface area contributed by atoms with Crippen molar-refractivity contribution in [1.29, 1.82) is 0 Å². The molecule has 0 spiro atoms. The summed E-state index contributed by atoms with van der Waals surface area (Å²) in [5.74, 6) is 0.857. The molecule has 0 unspecified atom stereocenters. The number of hydrogen-bond acceptors (Lipinski definition) is 1. The second-order valence-corrected chi connectivity index (χ2v) is 4.04. The van der Waals surface area contributed by atoms with E-state index in [9.17, 15) is 5.11 Å². The van der Waals surface area contributed by atoms with E-state index >= 15 is 0 Å². The fourth-order valence-corrected chi connectivity index (χ4v) is 2.08. The molecular weight excluding hydrogens is 148 g/mol. The van der Waals surface area contributed by atoms with Gasteiger partial charge in [0.25, 0.3) is 0 Å². The van der Waals surface area contributed by atoms with Crippen molar-refractivity contribution in [2.24, 2.45) is 5.92 Å². The highest BCUT2D eigenvalue weighted by Gasteiger charge is 2.29. The first-order valence-electron chi connectivity index (χ1n) is 5.06. The molecule has 0 aromatic heterocycles. The van der Waals surface area contributed by atoms with Crippen molar-refractivity contribution in [1.82, 2.24) is 0 Å². The minimum absolute atomic E-state index is 0.537. The number of aliphatic hydroxyl groups is 1. The van der Waals surface area contributed by atoms with Crippen molar-refractivity contribution in [3.8, 4) is 0 Å². The Morgan fingerprint density at radius 3 is 2.50 bits per heavy atom. The molecule has 0 saturated heterocycles. The van der Waals surface area contributed by atoms with Crippen LogP contribution >= 0.6 is 0 Å². The minimum Gasteiger partial charge on any atom is -0.386 e. The molecule has 12 heavy (non-hydrogen) atoms. The first kappa shape index (κ1) is 9.79. The lowest BCUT2D eigenvalue weighted by Crippen LogP contribution is -2.31. The van der Waals surface area contributed by atoms with Gasteiger partial charge in [0.05, 0.1) is 5.60 Å². The molecule has 1 rings (SSSR count). The molecule has 1 heteroatoms. The topological polar surface area (TPSA) is 20.2 Å². The number of hydrogen-bond donors (Lipinski definition) is 1. The van der Waals surface area contributed by atoms with Gasteiger partial charge < -0.3 is 5.11 Å². The Morgan fingerprint density at radius 2 is 2.08 bits per heavy atom. The average Bonchev–Trinajstić information content (AvgIpc) is 2.10. The van der Waals surface area contributed by atoms with Gasteiger partial charge in [-0.1, -0.05) is 25.8 Å².